The van der Waals surface area contributed by atoms with Crippen molar-refractivity contribution in [2.45, 2.75) is 0 Å². The number of aromatic nitrogens is 3. The number of nitrogens with zero attached hydrogens (tertiary/aromatic N) is 5. The molecule has 0 amide bonds. The Hall–Kier alpha value is -1.41. The van der Waals surface area contributed by atoms with Crippen LogP contribution >= 0.6 is 11.8 Å². The van der Waals surface area contributed by atoms with Crippen molar-refractivity contribution in [3.63, 3.8) is 0 Å². The van der Waals surface area contributed by atoms with Gasteiger partial charge in [-0.3, -0.25) is 0 Å². The molecule has 0 saturated heterocycles. The van der Waals surface area contributed by atoms with E-state index >= 15 is 0 Å². The second-order valence-electron chi connectivity index (χ2n) is 1.36. The lowest BCUT2D eigenvalue weighted by Crippen LogP contribution is -2.03. The fourth-order valence-electron chi connectivity index (χ4n) is 0.391. The van der Waals surface area contributed by atoms with Crippen LogP contribution in [-0.2, 0) is 0 Å². The lowest BCUT2D eigenvalue weighted by Gasteiger charge is -1.98. The van der Waals surface area contributed by atoms with Gasteiger partial charge in [0.15, 0.2) is 5.82 Å². The highest BCUT2D eigenvalue weighted by Gasteiger charge is 2.00. The fourth-order valence-corrected chi connectivity index (χ4v) is 0.481. The molecule has 1 aromatic heterocycles. The highest BCUT2D eigenvalue weighted by Crippen LogP contribution is 2.07. The van der Waals surface area contributed by atoms with E-state index < -0.39 is 0 Å². The smallest absolute Gasteiger partial charge is 0.171 e. The molecule has 6 heteroatoms. The summed E-state index contributed by atoms with van der Waals surface area (Å²) in [5, 5.41) is 18.4. The van der Waals surface area contributed by atoms with Crippen LogP contribution in [0, 0.1) is 11.5 Å². The molecule has 50 valence electrons. The van der Waals surface area contributed by atoms with Gasteiger partial charge < -0.3 is 0 Å². The lowest BCUT2D eigenvalue weighted by molar-refractivity contribution is 0.864. The molecule has 0 aliphatic heterocycles. The Bertz CT molecular complexity index is 242. The first kappa shape index (κ1) is 6.71. The van der Waals surface area contributed by atoms with Crippen molar-refractivity contribution >= 4 is 17.6 Å². The largest absolute Gasteiger partial charge is 0.202 e. The van der Waals surface area contributed by atoms with Gasteiger partial charge in [-0.1, -0.05) is 0 Å². The van der Waals surface area contributed by atoms with Crippen LogP contribution in [0.4, 0.5) is 5.82 Å². The first-order chi connectivity index (χ1) is 4.84. The molecule has 0 spiro atoms. The molecular weight excluding hydrogens is 154 g/mol. The van der Waals surface area contributed by atoms with E-state index in [4.69, 9.17) is 17.0 Å². The number of halogens is 1. The summed E-state index contributed by atoms with van der Waals surface area (Å²) < 4.78 is 0.772. The Labute approximate surface area is 62.0 Å². The molecule has 0 N–H and O–H groups in total. The first-order valence-corrected chi connectivity index (χ1v) is 2.68. The van der Waals surface area contributed by atoms with Crippen molar-refractivity contribution in [2.24, 2.45) is 0 Å². The molecule has 0 bridgehead atoms. The Morgan fingerprint density at radius 1 is 1.70 bits per heavy atom. The fraction of sp³-hybridized carbons (Fsp3) is 0. The zero-order chi connectivity index (χ0) is 7.40. The molecule has 1 aromatic rings. The summed E-state index contributed by atoms with van der Waals surface area (Å²) in [6.45, 7) is 0. The van der Waals surface area contributed by atoms with E-state index in [1.165, 1.54) is 12.3 Å². The van der Waals surface area contributed by atoms with Gasteiger partial charge in [-0.25, -0.2) is 0 Å². The summed E-state index contributed by atoms with van der Waals surface area (Å²) in [5.74, 6) is 0.263. The number of hydrogen-bond donors (Lipinski definition) is 0. The lowest BCUT2D eigenvalue weighted by atomic mass is 10.6. The van der Waals surface area contributed by atoms with Crippen molar-refractivity contribution in [3.8, 4) is 6.19 Å². The van der Waals surface area contributed by atoms with Gasteiger partial charge in [0.05, 0.1) is 6.20 Å². The van der Waals surface area contributed by atoms with E-state index in [0.717, 1.165) is 4.42 Å². The third-order valence-electron chi connectivity index (χ3n) is 0.778. The molecule has 1 heterocycles. The molecule has 0 radical (unpaired) electrons. The van der Waals surface area contributed by atoms with Gasteiger partial charge >= 0.3 is 0 Å². The molecule has 0 aliphatic carbocycles. The zero-order valence-electron chi connectivity index (χ0n) is 4.77. The van der Waals surface area contributed by atoms with Crippen molar-refractivity contribution in [1.82, 2.24) is 15.4 Å². The Morgan fingerprint density at radius 3 is 3.00 bits per heavy atom. The normalized spacial score (nSPS) is 8.40. The van der Waals surface area contributed by atoms with Crippen LogP contribution in [0.15, 0.2) is 12.3 Å². The molecule has 0 unspecified atom stereocenters. The average molecular weight is 156 g/mol. The minimum atomic E-state index is 0.263. The molecule has 0 atom stereocenters. The van der Waals surface area contributed by atoms with Gasteiger partial charge in [0, 0.05) is 17.8 Å². The molecule has 0 saturated carbocycles. The summed E-state index contributed by atoms with van der Waals surface area (Å²) in [6.07, 6.45) is 3.05. The Kier molecular flexibility index (Phi) is 1.97. The van der Waals surface area contributed by atoms with E-state index in [-0.39, 0.29) is 5.82 Å². The minimum Gasteiger partial charge on any atom is -0.171 e. The predicted octanol–water partition coefficient (Wildman–Crippen LogP) is 0.313. The van der Waals surface area contributed by atoms with Crippen molar-refractivity contribution < 1.29 is 0 Å². The SMILES string of the molecule is N#CN(Cl)c1ccnnn1. The van der Waals surface area contributed by atoms with Crippen molar-refractivity contribution in [3.05, 3.63) is 12.3 Å². The van der Waals surface area contributed by atoms with Crippen LogP contribution < -0.4 is 4.42 Å². The van der Waals surface area contributed by atoms with Crippen LogP contribution in [0.25, 0.3) is 0 Å². The van der Waals surface area contributed by atoms with Crippen molar-refractivity contribution in [1.29, 1.82) is 5.26 Å². The van der Waals surface area contributed by atoms with E-state index in [2.05, 4.69) is 15.4 Å². The zero-order valence-corrected chi connectivity index (χ0v) is 5.52. The quantitative estimate of drug-likeness (QED) is 0.332. The molecule has 0 fully saturated rings. The summed E-state index contributed by atoms with van der Waals surface area (Å²) in [5.41, 5.74) is 0. The maximum absolute atomic E-state index is 8.24. The monoisotopic (exact) mass is 155 g/mol. The summed E-state index contributed by atoms with van der Waals surface area (Å²) in [7, 11) is 0. The van der Waals surface area contributed by atoms with Crippen LogP contribution in [0.3, 0.4) is 0 Å². The molecular formula is C4H2ClN5. The topological polar surface area (TPSA) is 65.7 Å². The Morgan fingerprint density at radius 2 is 2.50 bits per heavy atom. The van der Waals surface area contributed by atoms with Gasteiger partial charge in [0.25, 0.3) is 0 Å². The summed E-state index contributed by atoms with van der Waals surface area (Å²) in [4.78, 5) is 0. The third kappa shape index (κ3) is 1.30. The number of anilines is 1. The molecule has 1 rings (SSSR count). The second-order valence-corrected chi connectivity index (χ2v) is 1.70. The van der Waals surface area contributed by atoms with Gasteiger partial charge in [-0.2, -0.15) is 9.68 Å². The standard InChI is InChI=1S/C4H2ClN5/c5-10(3-6)4-1-2-7-9-8-4/h1-2H. The Balaban J connectivity index is 2.88. The maximum atomic E-state index is 8.24. The second kappa shape index (κ2) is 2.94. The summed E-state index contributed by atoms with van der Waals surface area (Å²) >= 11 is 5.33. The highest BCUT2D eigenvalue weighted by molar-refractivity contribution is 6.26. The molecule has 5 nitrogen and oxygen atoms in total. The van der Waals surface area contributed by atoms with Crippen LogP contribution in [0.2, 0.25) is 0 Å². The summed E-state index contributed by atoms with van der Waals surface area (Å²) in [6, 6.07) is 1.48. The van der Waals surface area contributed by atoms with E-state index in [1.807, 2.05) is 0 Å². The molecule has 0 aliphatic rings. The van der Waals surface area contributed by atoms with E-state index in [0.29, 0.717) is 0 Å². The van der Waals surface area contributed by atoms with Crippen molar-refractivity contribution in [2.75, 3.05) is 4.42 Å². The van der Waals surface area contributed by atoms with E-state index in [9.17, 15) is 0 Å². The van der Waals surface area contributed by atoms with Crippen LogP contribution in [0.1, 0.15) is 0 Å². The average Bonchev–Trinajstić information content (AvgIpc) is 2.05. The number of nitriles is 1. The van der Waals surface area contributed by atoms with Crippen LogP contribution in [0.5, 0.6) is 0 Å². The van der Waals surface area contributed by atoms with Gasteiger partial charge in [0.1, 0.15) is 0 Å². The molecule has 10 heavy (non-hydrogen) atoms. The predicted molar refractivity (Wildman–Crippen MR) is 33.8 cm³/mol. The molecule has 0 aromatic carbocycles. The van der Waals surface area contributed by atoms with Gasteiger partial charge in [-0.05, 0) is 5.21 Å². The minimum absolute atomic E-state index is 0.263. The third-order valence-corrected chi connectivity index (χ3v) is 1.03. The highest BCUT2D eigenvalue weighted by atomic mass is 35.5. The van der Waals surface area contributed by atoms with Gasteiger partial charge in [0.2, 0.25) is 6.19 Å². The van der Waals surface area contributed by atoms with Gasteiger partial charge in [-0.15, -0.1) is 10.2 Å². The number of rotatable bonds is 1. The number of hydrogen-bond acceptors (Lipinski definition) is 5. The maximum Gasteiger partial charge on any atom is 0.202 e. The first-order valence-electron chi connectivity index (χ1n) is 2.34. The van der Waals surface area contributed by atoms with E-state index in [1.54, 1.807) is 6.19 Å². The van der Waals surface area contributed by atoms with Crippen LogP contribution in [-0.4, -0.2) is 15.4 Å².